The van der Waals surface area contributed by atoms with Crippen LogP contribution < -0.4 is 10.1 Å². The quantitative estimate of drug-likeness (QED) is 0.869. The molecule has 0 aromatic carbocycles. The van der Waals surface area contributed by atoms with Gasteiger partial charge in [-0.25, -0.2) is 9.67 Å². The zero-order valence-electron chi connectivity index (χ0n) is 12.2. The Hall–Kier alpha value is -2.15. The van der Waals surface area contributed by atoms with Crippen LogP contribution in [0.1, 0.15) is 18.4 Å². The predicted molar refractivity (Wildman–Crippen MR) is 74.9 cm³/mol. The summed E-state index contributed by atoms with van der Waals surface area (Å²) < 4.78 is 12.5. The molecule has 0 bridgehead atoms. The number of methoxy groups -OCH3 is 1. The van der Waals surface area contributed by atoms with Gasteiger partial charge in [0.05, 0.1) is 5.69 Å². The van der Waals surface area contributed by atoms with Crippen LogP contribution in [0, 0.1) is 6.92 Å². The summed E-state index contributed by atoms with van der Waals surface area (Å²) in [6.07, 6.45) is 0. The maximum Gasteiger partial charge on any atom is 0.226 e. The minimum Gasteiger partial charge on any atom is -0.421 e. The van der Waals surface area contributed by atoms with Gasteiger partial charge in [-0.2, -0.15) is 10.1 Å². The molecule has 2 rings (SSSR count). The minimum atomic E-state index is 0.333. The average molecular weight is 277 g/mol. The Morgan fingerprint density at radius 1 is 1.30 bits per heavy atom. The Bertz CT molecular complexity index is 558. The number of aromatic nitrogens is 4. The molecule has 2 aromatic rings. The predicted octanol–water partition coefficient (Wildman–Crippen LogP) is 1.89. The summed E-state index contributed by atoms with van der Waals surface area (Å²) in [5, 5.41) is 7.38. The number of hydrogen-bond acceptors (Lipinski definition) is 6. The fourth-order valence-corrected chi connectivity index (χ4v) is 1.78. The van der Waals surface area contributed by atoms with E-state index >= 15 is 0 Å². The van der Waals surface area contributed by atoms with Crippen LogP contribution in [-0.2, 0) is 18.4 Å². The lowest BCUT2D eigenvalue weighted by molar-refractivity contribution is 0.177. The molecule has 0 radical (unpaired) electrons. The van der Waals surface area contributed by atoms with Crippen LogP contribution in [0.25, 0.3) is 0 Å². The first-order valence-corrected chi connectivity index (χ1v) is 6.41. The highest BCUT2D eigenvalue weighted by Gasteiger charge is 2.09. The number of rotatable bonds is 6. The second-order valence-corrected chi connectivity index (χ2v) is 4.32. The molecule has 0 atom stereocenters. The molecule has 0 aliphatic carbocycles. The van der Waals surface area contributed by atoms with Crippen molar-refractivity contribution in [2.24, 2.45) is 7.05 Å². The number of nitrogens with zero attached hydrogens (tertiary/aromatic N) is 4. The first-order valence-electron chi connectivity index (χ1n) is 6.41. The van der Waals surface area contributed by atoms with Gasteiger partial charge in [0.25, 0.3) is 0 Å². The van der Waals surface area contributed by atoms with Crippen LogP contribution in [0.2, 0.25) is 0 Å². The topological polar surface area (TPSA) is 74.1 Å². The highest BCUT2D eigenvalue weighted by Crippen LogP contribution is 2.22. The summed E-state index contributed by atoms with van der Waals surface area (Å²) in [6.45, 7) is 5.02. The van der Waals surface area contributed by atoms with Crippen LogP contribution in [0.3, 0.4) is 0 Å². The van der Waals surface area contributed by atoms with Gasteiger partial charge in [0.15, 0.2) is 5.82 Å². The van der Waals surface area contributed by atoms with Gasteiger partial charge in [0.1, 0.15) is 12.4 Å². The zero-order valence-corrected chi connectivity index (χ0v) is 12.2. The third kappa shape index (κ3) is 3.45. The van der Waals surface area contributed by atoms with E-state index in [1.165, 1.54) is 0 Å². The van der Waals surface area contributed by atoms with Crippen molar-refractivity contribution in [2.75, 3.05) is 19.0 Å². The fraction of sp³-hybridized carbons (Fsp3) is 0.462. The van der Waals surface area contributed by atoms with Crippen molar-refractivity contribution in [1.82, 2.24) is 19.7 Å². The smallest absolute Gasteiger partial charge is 0.226 e. The third-order valence-electron chi connectivity index (χ3n) is 2.55. The van der Waals surface area contributed by atoms with E-state index in [0.29, 0.717) is 30.0 Å². The fourth-order valence-electron chi connectivity index (χ4n) is 1.78. The van der Waals surface area contributed by atoms with Crippen molar-refractivity contribution in [3.63, 3.8) is 0 Å². The Labute approximate surface area is 118 Å². The lowest BCUT2D eigenvalue weighted by atomic mass is 10.5. The molecule has 7 heteroatoms. The van der Waals surface area contributed by atoms with Gasteiger partial charge < -0.3 is 14.8 Å². The van der Waals surface area contributed by atoms with E-state index in [-0.39, 0.29) is 0 Å². The molecule has 7 nitrogen and oxygen atoms in total. The molecular weight excluding hydrogens is 258 g/mol. The van der Waals surface area contributed by atoms with Gasteiger partial charge in [0, 0.05) is 32.8 Å². The summed E-state index contributed by atoms with van der Waals surface area (Å²) in [5.41, 5.74) is 0.889. The molecule has 0 aliphatic heterocycles. The number of nitrogens with one attached hydrogen (secondary N) is 1. The second kappa shape index (κ2) is 6.33. The van der Waals surface area contributed by atoms with Gasteiger partial charge in [-0.05, 0) is 13.8 Å². The summed E-state index contributed by atoms with van der Waals surface area (Å²) >= 11 is 0. The number of aryl methyl sites for hydroxylation is 2. The monoisotopic (exact) mass is 277 g/mol. The van der Waals surface area contributed by atoms with Crippen molar-refractivity contribution in [1.29, 1.82) is 0 Å². The van der Waals surface area contributed by atoms with Crippen molar-refractivity contribution >= 4 is 5.82 Å². The summed E-state index contributed by atoms with van der Waals surface area (Å²) in [7, 11) is 3.43. The molecule has 20 heavy (non-hydrogen) atoms. The molecule has 0 saturated heterocycles. The molecule has 0 amide bonds. The molecule has 1 N–H and O–H groups in total. The van der Waals surface area contributed by atoms with Gasteiger partial charge in [-0.3, -0.25) is 0 Å². The van der Waals surface area contributed by atoms with E-state index in [0.717, 1.165) is 12.2 Å². The van der Waals surface area contributed by atoms with E-state index in [9.17, 15) is 0 Å². The van der Waals surface area contributed by atoms with Gasteiger partial charge >= 0.3 is 0 Å². The Balaban J connectivity index is 2.27. The summed E-state index contributed by atoms with van der Waals surface area (Å²) in [5.74, 6) is 2.38. The largest absolute Gasteiger partial charge is 0.421 e. The SMILES string of the molecule is CCNc1cc(Oc2cc(C)nn2C)nc(COC)n1. The highest BCUT2D eigenvalue weighted by atomic mass is 16.5. The normalized spacial score (nSPS) is 10.6. The molecule has 2 aromatic heterocycles. The van der Waals surface area contributed by atoms with Crippen LogP contribution in [0.4, 0.5) is 5.82 Å². The molecule has 0 spiro atoms. The Morgan fingerprint density at radius 2 is 2.10 bits per heavy atom. The van der Waals surface area contributed by atoms with E-state index < -0.39 is 0 Å². The molecule has 0 fully saturated rings. The van der Waals surface area contributed by atoms with Crippen LogP contribution in [-0.4, -0.2) is 33.4 Å². The van der Waals surface area contributed by atoms with Gasteiger partial charge in [-0.1, -0.05) is 0 Å². The second-order valence-electron chi connectivity index (χ2n) is 4.32. The Morgan fingerprint density at radius 3 is 2.70 bits per heavy atom. The molecule has 0 unspecified atom stereocenters. The van der Waals surface area contributed by atoms with E-state index in [2.05, 4.69) is 20.4 Å². The lowest BCUT2D eigenvalue weighted by Gasteiger charge is -2.09. The van der Waals surface area contributed by atoms with Crippen molar-refractivity contribution < 1.29 is 9.47 Å². The van der Waals surface area contributed by atoms with E-state index in [4.69, 9.17) is 9.47 Å². The van der Waals surface area contributed by atoms with Crippen LogP contribution in [0.5, 0.6) is 11.8 Å². The first kappa shape index (κ1) is 14.3. The molecular formula is C13H19N5O2. The maximum absolute atomic E-state index is 5.76. The maximum atomic E-state index is 5.76. The van der Waals surface area contributed by atoms with Crippen molar-refractivity contribution in [3.8, 4) is 11.8 Å². The van der Waals surface area contributed by atoms with Crippen molar-refractivity contribution in [2.45, 2.75) is 20.5 Å². The molecule has 108 valence electrons. The van der Waals surface area contributed by atoms with Crippen LogP contribution in [0.15, 0.2) is 12.1 Å². The Kier molecular flexibility index (Phi) is 4.52. The highest BCUT2D eigenvalue weighted by molar-refractivity contribution is 5.39. The van der Waals surface area contributed by atoms with Gasteiger partial charge in [-0.15, -0.1) is 0 Å². The first-order chi connectivity index (χ1) is 9.62. The van der Waals surface area contributed by atoms with E-state index in [1.54, 1.807) is 17.9 Å². The van der Waals surface area contributed by atoms with Crippen molar-refractivity contribution in [3.05, 3.63) is 23.7 Å². The number of anilines is 1. The molecule has 0 aliphatic rings. The molecule has 0 saturated carbocycles. The van der Waals surface area contributed by atoms with E-state index in [1.807, 2.05) is 27.0 Å². The summed E-state index contributed by atoms with van der Waals surface area (Å²) in [6, 6.07) is 3.61. The summed E-state index contributed by atoms with van der Waals surface area (Å²) in [4.78, 5) is 8.64. The standard InChI is InChI=1S/C13H19N5O2/c1-5-14-10-7-12(16-11(15-10)8-19-4)20-13-6-9(2)17-18(13)3/h6-7H,5,8H2,1-4H3,(H,14,15,16). The zero-order chi connectivity index (χ0) is 14.5. The number of ether oxygens (including phenoxy) is 2. The minimum absolute atomic E-state index is 0.333. The lowest BCUT2D eigenvalue weighted by Crippen LogP contribution is -2.06. The number of hydrogen-bond donors (Lipinski definition) is 1. The average Bonchev–Trinajstić information content (AvgIpc) is 2.68. The van der Waals surface area contributed by atoms with Gasteiger partial charge in [0.2, 0.25) is 11.8 Å². The third-order valence-corrected chi connectivity index (χ3v) is 2.55. The van der Waals surface area contributed by atoms with Crippen LogP contribution >= 0.6 is 0 Å². The molecule has 2 heterocycles.